The second kappa shape index (κ2) is 8.41. The molecule has 1 aromatic heterocycles. The normalized spacial score (nSPS) is 10.7. The first-order valence-electron chi connectivity index (χ1n) is 9.22. The summed E-state index contributed by atoms with van der Waals surface area (Å²) in [4.78, 5) is 17.4. The standard InChI is InChI=1S/C23H19BrN4O/c1-16-12-13-20(19(24)14-16)25-21(29)15-28-23(18-10-6-3-7-11-18)26-22(27-28)17-8-4-2-5-9-17/h2-14H,15H2,1H3,(H,25,29). The molecule has 0 aliphatic rings. The molecule has 0 unspecified atom stereocenters. The highest BCUT2D eigenvalue weighted by Gasteiger charge is 2.16. The van der Waals surface area contributed by atoms with Crippen molar-refractivity contribution in [2.75, 3.05) is 5.32 Å². The number of halogens is 1. The number of carbonyl (C=O) groups excluding carboxylic acids is 1. The zero-order valence-corrected chi connectivity index (χ0v) is 17.4. The van der Waals surface area contributed by atoms with Crippen molar-refractivity contribution >= 4 is 27.5 Å². The lowest BCUT2D eigenvalue weighted by molar-refractivity contribution is -0.116. The van der Waals surface area contributed by atoms with Gasteiger partial charge >= 0.3 is 0 Å². The Hall–Kier alpha value is -3.25. The SMILES string of the molecule is Cc1ccc(NC(=O)Cn2nc(-c3ccccc3)nc2-c2ccccc2)c(Br)c1. The number of hydrogen-bond acceptors (Lipinski definition) is 3. The maximum atomic E-state index is 12.7. The molecule has 6 heteroatoms. The van der Waals surface area contributed by atoms with E-state index >= 15 is 0 Å². The number of benzene rings is 3. The number of nitrogens with one attached hydrogen (secondary N) is 1. The van der Waals surface area contributed by atoms with Crippen molar-refractivity contribution in [3.63, 3.8) is 0 Å². The van der Waals surface area contributed by atoms with Crippen LogP contribution in [0.4, 0.5) is 5.69 Å². The molecule has 0 bridgehead atoms. The first-order valence-corrected chi connectivity index (χ1v) is 10.0. The molecule has 0 aliphatic heterocycles. The van der Waals surface area contributed by atoms with E-state index in [1.54, 1.807) is 4.68 Å². The van der Waals surface area contributed by atoms with E-state index in [9.17, 15) is 4.79 Å². The number of rotatable bonds is 5. The van der Waals surface area contributed by atoms with Gasteiger partial charge in [0, 0.05) is 15.6 Å². The van der Waals surface area contributed by atoms with Crippen molar-refractivity contribution < 1.29 is 4.79 Å². The third-order valence-electron chi connectivity index (χ3n) is 4.43. The Kier molecular flexibility index (Phi) is 5.53. The van der Waals surface area contributed by atoms with Crippen LogP contribution in [0.1, 0.15) is 5.56 Å². The molecule has 0 spiro atoms. The molecule has 1 amide bonds. The lowest BCUT2D eigenvalue weighted by Crippen LogP contribution is -2.20. The van der Waals surface area contributed by atoms with Gasteiger partial charge in [0.15, 0.2) is 11.6 Å². The van der Waals surface area contributed by atoms with Crippen LogP contribution in [0.2, 0.25) is 0 Å². The van der Waals surface area contributed by atoms with E-state index in [1.165, 1.54) is 0 Å². The molecular weight excluding hydrogens is 428 g/mol. The van der Waals surface area contributed by atoms with Crippen LogP contribution >= 0.6 is 15.9 Å². The summed E-state index contributed by atoms with van der Waals surface area (Å²) in [5.41, 5.74) is 3.66. The van der Waals surface area contributed by atoms with Gasteiger partial charge in [-0.2, -0.15) is 0 Å². The van der Waals surface area contributed by atoms with Crippen LogP contribution in [0.5, 0.6) is 0 Å². The predicted molar refractivity (Wildman–Crippen MR) is 118 cm³/mol. The Balaban J connectivity index is 1.65. The van der Waals surface area contributed by atoms with Crippen molar-refractivity contribution in [2.24, 2.45) is 0 Å². The van der Waals surface area contributed by atoms with Crippen molar-refractivity contribution in [3.8, 4) is 22.8 Å². The van der Waals surface area contributed by atoms with Crippen molar-refractivity contribution in [1.82, 2.24) is 14.8 Å². The van der Waals surface area contributed by atoms with E-state index in [4.69, 9.17) is 4.98 Å². The van der Waals surface area contributed by atoms with Crippen molar-refractivity contribution in [2.45, 2.75) is 13.5 Å². The van der Waals surface area contributed by atoms with E-state index in [2.05, 4.69) is 26.3 Å². The molecule has 0 saturated heterocycles. The first kappa shape index (κ1) is 19.1. The molecule has 3 aromatic carbocycles. The van der Waals surface area contributed by atoms with E-state index < -0.39 is 0 Å². The van der Waals surface area contributed by atoms with Gasteiger partial charge in [-0.15, -0.1) is 5.10 Å². The van der Waals surface area contributed by atoms with Gasteiger partial charge in [0.05, 0.1) is 5.69 Å². The third-order valence-corrected chi connectivity index (χ3v) is 5.08. The minimum Gasteiger partial charge on any atom is -0.323 e. The van der Waals surface area contributed by atoms with Gasteiger partial charge in [0.2, 0.25) is 5.91 Å². The molecule has 1 heterocycles. The highest BCUT2D eigenvalue weighted by atomic mass is 79.9. The molecule has 0 aliphatic carbocycles. The summed E-state index contributed by atoms with van der Waals surface area (Å²) in [6.45, 7) is 2.06. The minimum atomic E-state index is -0.170. The Labute approximate surface area is 177 Å². The van der Waals surface area contributed by atoms with Gasteiger partial charge in [-0.3, -0.25) is 4.79 Å². The summed E-state index contributed by atoms with van der Waals surface area (Å²) >= 11 is 3.50. The molecule has 0 radical (unpaired) electrons. The number of anilines is 1. The molecule has 144 valence electrons. The van der Waals surface area contributed by atoms with E-state index in [1.807, 2.05) is 85.8 Å². The van der Waals surface area contributed by atoms with Crippen molar-refractivity contribution in [3.05, 3.63) is 88.9 Å². The average Bonchev–Trinajstić information content (AvgIpc) is 3.15. The van der Waals surface area contributed by atoms with E-state index in [0.717, 1.165) is 26.9 Å². The predicted octanol–water partition coefficient (Wildman–Crippen LogP) is 5.32. The minimum absolute atomic E-state index is 0.0599. The zero-order valence-electron chi connectivity index (χ0n) is 15.8. The lowest BCUT2D eigenvalue weighted by Gasteiger charge is -2.09. The monoisotopic (exact) mass is 446 g/mol. The number of nitrogens with zero attached hydrogens (tertiary/aromatic N) is 3. The van der Waals surface area contributed by atoms with Crippen LogP contribution in [-0.4, -0.2) is 20.7 Å². The van der Waals surface area contributed by atoms with Crippen LogP contribution < -0.4 is 5.32 Å². The number of amides is 1. The van der Waals surface area contributed by atoms with Gasteiger partial charge < -0.3 is 5.32 Å². The maximum Gasteiger partial charge on any atom is 0.246 e. The van der Waals surface area contributed by atoms with Crippen molar-refractivity contribution in [1.29, 1.82) is 0 Å². The lowest BCUT2D eigenvalue weighted by atomic mass is 10.2. The zero-order chi connectivity index (χ0) is 20.2. The number of aryl methyl sites for hydroxylation is 1. The fourth-order valence-corrected chi connectivity index (χ4v) is 3.60. The van der Waals surface area contributed by atoms with Crippen LogP contribution in [0.25, 0.3) is 22.8 Å². The van der Waals surface area contributed by atoms with Gasteiger partial charge in [-0.05, 0) is 40.5 Å². The Morgan fingerprint density at radius 1 is 0.966 bits per heavy atom. The molecule has 0 atom stereocenters. The number of carbonyl (C=O) groups is 1. The van der Waals surface area contributed by atoms with E-state index in [0.29, 0.717) is 11.6 Å². The first-order chi connectivity index (χ1) is 14.1. The molecule has 1 N–H and O–H groups in total. The second-order valence-electron chi connectivity index (χ2n) is 6.68. The van der Waals surface area contributed by atoms with Crippen LogP contribution in [0.15, 0.2) is 83.3 Å². The van der Waals surface area contributed by atoms with Gasteiger partial charge in [0.1, 0.15) is 6.54 Å². The smallest absolute Gasteiger partial charge is 0.246 e. The molecule has 0 saturated carbocycles. The molecule has 4 rings (SSSR count). The quantitative estimate of drug-likeness (QED) is 0.451. The van der Waals surface area contributed by atoms with Gasteiger partial charge in [-0.1, -0.05) is 66.7 Å². The summed E-state index contributed by atoms with van der Waals surface area (Å²) in [5, 5.41) is 7.55. The maximum absolute atomic E-state index is 12.7. The Morgan fingerprint density at radius 2 is 1.62 bits per heavy atom. The molecular formula is C23H19BrN4O. The fourth-order valence-electron chi connectivity index (χ4n) is 3.01. The van der Waals surface area contributed by atoms with Crippen LogP contribution in [0, 0.1) is 6.92 Å². The molecule has 4 aromatic rings. The molecule has 5 nitrogen and oxygen atoms in total. The average molecular weight is 447 g/mol. The summed E-state index contributed by atoms with van der Waals surface area (Å²) in [7, 11) is 0. The van der Waals surface area contributed by atoms with Gasteiger partial charge in [0.25, 0.3) is 0 Å². The van der Waals surface area contributed by atoms with Crippen LogP contribution in [-0.2, 0) is 11.3 Å². The highest BCUT2D eigenvalue weighted by molar-refractivity contribution is 9.10. The number of hydrogen-bond donors (Lipinski definition) is 1. The summed E-state index contributed by atoms with van der Waals surface area (Å²) in [6, 6.07) is 25.3. The fraction of sp³-hybridized carbons (Fsp3) is 0.0870. The Morgan fingerprint density at radius 3 is 2.28 bits per heavy atom. The molecule has 0 fully saturated rings. The topological polar surface area (TPSA) is 59.8 Å². The van der Waals surface area contributed by atoms with Gasteiger partial charge in [-0.25, -0.2) is 9.67 Å². The highest BCUT2D eigenvalue weighted by Crippen LogP contribution is 2.25. The Bertz CT molecular complexity index is 1140. The molecule has 29 heavy (non-hydrogen) atoms. The number of aromatic nitrogens is 3. The second-order valence-corrected chi connectivity index (χ2v) is 7.53. The van der Waals surface area contributed by atoms with E-state index in [-0.39, 0.29) is 12.5 Å². The largest absolute Gasteiger partial charge is 0.323 e. The summed E-state index contributed by atoms with van der Waals surface area (Å²) < 4.78 is 2.49. The third kappa shape index (κ3) is 4.43. The summed E-state index contributed by atoms with van der Waals surface area (Å²) in [6.07, 6.45) is 0. The summed E-state index contributed by atoms with van der Waals surface area (Å²) in [5.74, 6) is 1.08. The van der Waals surface area contributed by atoms with Crippen LogP contribution in [0.3, 0.4) is 0 Å².